The second kappa shape index (κ2) is 5.56. The number of carbonyl (C=O) groups excluding carboxylic acids is 2. The van der Waals surface area contributed by atoms with Crippen molar-refractivity contribution in [2.45, 2.75) is 19.4 Å². The van der Waals surface area contributed by atoms with E-state index in [2.05, 4.69) is 5.32 Å². The zero-order chi connectivity index (χ0) is 14.0. The first-order chi connectivity index (χ1) is 9.06. The van der Waals surface area contributed by atoms with E-state index in [1.807, 2.05) is 0 Å². The predicted molar refractivity (Wildman–Crippen MR) is 64.2 cm³/mol. The van der Waals surface area contributed by atoms with Crippen molar-refractivity contribution >= 4 is 17.8 Å². The van der Waals surface area contributed by atoms with E-state index in [9.17, 15) is 14.4 Å². The number of nitrogens with zero attached hydrogens (tertiary/aromatic N) is 1. The quantitative estimate of drug-likeness (QED) is 0.688. The molecule has 106 valence electrons. The SMILES string of the molecule is CCNC(=O)C1COCCN1C(=O)C1CC1C(=O)O. The smallest absolute Gasteiger partial charge is 0.307 e. The topological polar surface area (TPSA) is 95.9 Å². The molecule has 0 bridgehead atoms. The van der Waals surface area contributed by atoms with Crippen molar-refractivity contribution in [1.29, 1.82) is 0 Å². The highest BCUT2D eigenvalue weighted by molar-refractivity contribution is 5.93. The highest BCUT2D eigenvalue weighted by atomic mass is 16.5. The van der Waals surface area contributed by atoms with Crippen LogP contribution in [-0.4, -0.2) is 60.1 Å². The first kappa shape index (κ1) is 13.8. The molecule has 1 aliphatic heterocycles. The standard InChI is InChI=1S/C12H18N2O5/c1-2-13-10(15)9-6-19-4-3-14(9)11(16)7-5-8(7)12(17)18/h7-9H,2-6H2,1H3,(H,13,15)(H,17,18). The van der Waals surface area contributed by atoms with Crippen molar-refractivity contribution in [3.05, 3.63) is 0 Å². The minimum atomic E-state index is -0.943. The van der Waals surface area contributed by atoms with Crippen molar-refractivity contribution < 1.29 is 24.2 Å². The summed E-state index contributed by atoms with van der Waals surface area (Å²) in [6.07, 6.45) is 0.369. The summed E-state index contributed by atoms with van der Waals surface area (Å²) in [7, 11) is 0. The monoisotopic (exact) mass is 270 g/mol. The predicted octanol–water partition coefficient (Wildman–Crippen LogP) is -0.929. The van der Waals surface area contributed by atoms with Crippen LogP contribution in [0.25, 0.3) is 0 Å². The molecule has 19 heavy (non-hydrogen) atoms. The Morgan fingerprint density at radius 2 is 2.11 bits per heavy atom. The van der Waals surface area contributed by atoms with Gasteiger partial charge >= 0.3 is 5.97 Å². The number of hydrogen-bond acceptors (Lipinski definition) is 4. The summed E-state index contributed by atoms with van der Waals surface area (Å²) in [6, 6.07) is -0.642. The van der Waals surface area contributed by atoms with Crippen LogP contribution < -0.4 is 5.32 Å². The molecule has 7 heteroatoms. The van der Waals surface area contributed by atoms with Crippen molar-refractivity contribution in [1.82, 2.24) is 10.2 Å². The fourth-order valence-electron chi connectivity index (χ4n) is 2.33. The minimum absolute atomic E-state index is 0.169. The summed E-state index contributed by atoms with van der Waals surface area (Å²) in [4.78, 5) is 36.4. The first-order valence-electron chi connectivity index (χ1n) is 6.45. The molecule has 0 aromatic carbocycles. The molecule has 1 aliphatic carbocycles. The number of ether oxygens (including phenoxy) is 1. The number of rotatable bonds is 4. The van der Waals surface area contributed by atoms with Gasteiger partial charge in [-0.25, -0.2) is 0 Å². The molecule has 1 heterocycles. The lowest BCUT2D eigenvalue weighted by atomic mass is 10.1. The maximum absolute atomic E-state index is 12.2. The third-order valence-corrected chi connectivity index (χ3v) is 3.49. The number of carbonyl (C=O) groups is 3. The average Bonchev–Trinajstić information content (AvgIpc) is 3.18. The van der Waals surface area contributed by atoms with E-state index in [4.69, 9.17) is 9.84 Å². The van der Waals surface area contributed by atoms with Gasteiger partial charge in [0.15, 0.2) is 0 Å². The highest BCUT2D eigenvalue weighted by Gasteiger charge is 2.51. The second-order valence-corrected chi connectivity index (χ2v) is 4.80. The van der Waals surface area contributed by atoms with Gasteiger partial charge in [0.25, 0.3) is 0 Å². The number of carboxylic acid groups (broad SMARTS) is 1. The number of amides is 2. The minimum Gasteiger partial charge on any atom is -0.481 e. The Hall–Kier alpha value is -1.63. The Morgan fingerprint density at radius 3 is 2.68 bits per heavy atom. The van der Waals surface area contributed by atoms with E-state index < -0.39 is 23.8 Å². The molecule has 3 unspecified atom stereocenters. The van der Waals surface area contributed by atoms with Crippen molar-refractivity contribution in [2.75, 3.05) is 26.3 Å². The molecule has 2 amide bonds. The average molecular weight is 270 g/mol. The highest BCUT2D eigenvalue weighted by Crippen LogP contribution is 2.40. The lowest BCUT2D eigenvalue weighted by Gasteiger charge is -2.34. The van der Waals surface area contributed by atoms with Crippen LogP contribution in [0, 0.1) is 11.8 Å². The van der Waals surface area contributed by atoms with Crippen molar-refractivity contribution in [3.8, 4) is 0 Å². The third-order valence-electron chi connectivity index (χ3n) is 3.49. The van der Waals surface area contributed by atoms with Gasteiger partial charge in [0.2, 0.25) is 11.8 Å². The summed E-state index contributed by atoms with van der Waals surface area (Å²) in [5.74, 6) is -2.51. The van der Waals surface area contributed by atoms with Crippen LogP contribution in [0.2, 0.25) is 0 Å². The number of hydrogen-bond donors (Lipinski definition) is 2. The Labute approximate surface area is 110 Å². The molecule has 0 aromatic heterocycles. The fourth-order valence-corrected chi connectivity index (χ4v) is 2.33. The van der Waals surface area contributed by atoms with Crippen LogP contribution in [0.5, 0.6) is 0 Å². The van der Waals surface area contributed by atoms with Crippen LogP contribution >= 0.6 is 0 Å². The maximum atomic E-state index is 12.2. The molecule has 3 atom stereocenters. The molecule has 0 spiro atoms. The maximum Gasteiger partial charge on any atom is 0.307 e. The van der Waals surface area contributed by atoms with Gasteiger partial charge in [-0.3, -0.25) is 14.4 Å². The largest absolute Gasteiger partial charge is 0.481 e. The third kappa shape index (κ3) is 2.86. The van der Waals surface area contributed by atoms with Gasteiger partial charge in [-0.2, -0.15) is 0 Å². The molecule has 1 saturated heterocycles. The molecule has 2 N–H and O–H groups in total. The fraction of sp³-hybridized carbons (Fsp3) is 0.750. The molecule has 0 radical (unpaired) electrons. The number of likely N-dealkylation sites (N-methyl/N-ethyl adjacent to an activating group) is 1. The lowest BCUT2D eigenvalue weighted by molar-refractivity contribution is -0.151. The molecule has 7 nitrogen and oxygen atoms in total. The molecule has 2 fully saturated rings. The summed E-state index contributed by atoms with van der Waals surface area (Å²) < 4.78 is 5.23. The summed E-state index contributed by atoms with van der Waals surface area (Å²) in [6.45, 7) is 3.17. The second-order valence-electron chi connectivity index (χ2n) is 4.80. The Balaban J connectivity index is 2.01. The van der Waals surface area contributed by atoms with E-state index >= 15 is 0 Å². The molecule has 2 aliphatic rings. The molecule has 0 aromatic rings. The summed E-state index contributed by atoms with van der Waals surface area (Å²) >= 11 is 0. The number of nitrogens with one attached hydrogen (secondary N) is 1. The normalized spacial score (nSPS) is 29.7. The van der Waals surface area contributed by atoms with Gasteiger partial charge in [-0.05, 0) is 13.3 Å². The van der Waals surface area contributed by atoms with E-state index in [1.54, 1.807) is 6.92 Å². The van der Waals surface area contributed by atoms with Crippen LogP contribution in [-0.2, 0) is 19.1 Å². The molecule has 2 rings (SSSR count). The molecular weight excluding hydrogens is 252 g/mol. The van der Waals surface area contributed by atoms with E-state index in [0.29, 0.717) is 26.1 Å². The van der Waals surface area contributed by atoms with Gasteiger partial charge in [0.05, 0.1) is 25.0 Å². The molecular formula is C12H18N2O5. The van der Waals surface area contributed by atoms with Crippen LogP contribution in [0.4, 0.5) is 0 Å². The van der Waals surface area contributed by atoms with Gasteiger partial charge in [0, 0.05) is 13.1 Å². The number of carboxylic acids is 1. The number of morpholine rings is 1. The van der Waals surface area contributed by atoms with Crippen LogP contribution in [0.3, 0.4) is 0 Å². The molecule has 1 saturated carbocycles. The Morgan fingerprint density at radius 1 is 1.37 bits per heavy atom. The van der Waals surface area contributed by atoms with Crippen LogP contribution in [0.1, 0.15) is 13.3 Å². The summed E-state index contributed by atoms with van der Waals surface area (Å²) in [5, 5.41) is 11.5. The van der Waals surface area contributed by atoms with Crippen LogP contribution in [0.15, 0.2) is 0 Å². The Bertz CT molecular complexity index is 398. The lowest BCUT2D eigenvalue weighted by Crippen LogP contribution is -2.56. The van der Waals surface area contributed by atoms with E-state index in [0.717, 1.165) is 0 Å². The van der Waals surface area contributed by atoms with E-state index in [1.165, 1.54) is 4.90 Å². The zero-order valence-corrected chi connectivity index (χ0v) is 10.8. The number of aliphatic carboxylic acids is 1. The van der Waals surface area contributed by atoms with Gasteiger partial charge in [0.1, 0.15) is 6.04 Å². The van der Waals surface area contributed by atoms with E-state index in [-0.39, 0.29) is 18.4 Å². The zero-order valence-electron chi connectivity index (χ0n) is 10.8. The van der Waals surface area contributed by atoms with Crippen molar-refractivity contribution in [2.24, 2.45) is 11.8 Å². The van der Waals surface area contributed by atoms with Crippen molar-refractivity contribution in [3.63, 3.8) is 0 Å². The summed E-state index contributed by atoms with van der Waals surface area (Å²) in [5.41, 5.74) is 0. The van der Waals surface area contributed by atoms with Gasteiger partial charge in [-0.15, -0.1) is 0 Å². The first-order valence-corrected chi connectivity index (χ1v) is 6.45. The Kier molecular flexibility index (Phi) is 4.04. The van der Waals surface area contributed by atoms with Gasteiger partial charge < -0.3 is 20.1 Å². The van der Waals surface area contributed by atoms with Gasteiger partial charge in [-0.1, -0.05) is 0 Å².